The van der Waals surface area contributed by atoms with Gasteiger partial charge in [-0.05, 0) is 37.1 Å². The molecule has 28 heavy (non-hydrogen) atoms. The van der Waals surface area contributed by atoms with Crippen molar-refractivity contribution in [1.29, 1.82) is 0 Å². The third-order valence-electron chi connectivity index (χ3n) is 4.24. The van der Waals surface area contributed by atoms with Crippen LogP contribution in [-0.4, -0.2) is 36.5 Å². The third-order valence-corrected chi connectivity index (χ3v) is 4.24. The van der Waals surface area contributed by atoms with E-state index in [0.717, 1.165) is 18.4 Å². The van der Waals surface area contributed by atoms with Gasteiger partial charge in [-0.2, -0.15) is 0 Å². The largest absolute Gasteiger partial charge is 0.494 e. The van der Waals surface area contributed by atoms with E-state index < -0.39 is 0 Å². The lowest BCUT2D eigenvalue weighted by Crippen LogP contribution is -2.33. The molecule has 5 heteroatoms. The topological polar surface area (TPSA) is 55.8 Å². The highest BCUT2D eigenvalue weighted by atomic mass is 16.5. The fraction of sp³-hybridized carbons (Fsp3) is 0.391. The lowest BCUT2D eigenvalue weighted by Gasteiger charge is -2.23. The van der Waals surface area contributed by atoms with Gasteiger partial charge < -0.3 is 14.4 Å². The molecule has 2 aromatic rings. The van der Waals surface area contributed by atoms with Crippen LogP contribution in [0.3, 0.4) is 0 Å². The van der Waals surface area contributed by atoms with E-state index in [2.05, 4.69) is 6.92 Å². The standard InChI is InChI=1S/C23H29NO4/c1-3-5-16-28-21-13-9-12-20(17-21)23(26)24(15-14-22(25)27-4-2)18-19-10-7-6-8-11-19/h6-13,17H,3-5,14-16,18H2,1-2H3. The molecule has 5 nitrogen and oxygen atoms in total. The van der Waals surface area contributed by atoms with E-state index in [1.165, 1.54) is 0 Å². The van der Waals surface area contributed by atoms with E-state index in [-0.39, 0.29) is 18.3 Å². The van der Waals surface area contributed by atoms with Gasteiger partial charge in [0.15, 0.2) is 0 Å². The fourth-order valence-corrected chi connectivity index (χ4v) is 2.75. The lowest BCUT2D eigenvalue weighted by molar-refractivity contribution is -0.143. The van der Waals surface area contributed by atoms with Crippen molar-refractivity contribution < 1.29 is 19.1 Å². The summed E-state index contributed by atoms with van der Waals surface area (Å²) in [7, 11) is 0. The van der Waals surface area contributed by atoms with Crippen LogP contribution < -0.4 is 4.74 Å². The summed E-state index contributed by atoms with van der Waals surface area (Å²) in [5.41, 5.74) is 1.56. The molecular weight excluding hydrogens is 354 g/mol. The molecule has 0 spiro atoms. The van der Waals surface area contributed by atoms with Crippen molar-refractivity contribution in [3.63, 3.8) is 0 Å². The van der Waals surface area contributed by atoms with Gasteiger partial charge in [-0.3, -0.25) is 9.59 Å². The molecule has 0 N–H and O–H groups in total. The molecule has 0 aliphatic rings. The molecule has 0 bridgehead atoms. The van der Waals surface area contributed by atoms with Gasteiger partial charge in [-0.15, -0.1) is 0 Å². The average Bonchev–Trinajstić information content (AvgIpc) is 2.72. The molecule has 0 saturated carbocycles. The van der Waals surface area contributed by atoms with Gasteiger partial charge in [-0.25, -0.2) is 0 Å². The summed E-state index contributed by atoms with van der Waals surface area (Å²) in [6, 6.07) is 17.0. The van der Waals surface area contributed by atoms with E-state index in [0.29, 0.717) is 37.6 Å². The van der Waals surface area contributed by atoms with Gasteiger partial charge >= 0.3 is 5.97 Å². The van der Waals surface area contributed by atoms with E-state index in [9.17, 15) is 9.59 Å². The quantitative estimate of drug-likeness (QED) is 0.425. The molecule has 150 valence electrons. The highest BCUT2D eigenvalue weighted by molar-refractivity contribution is 5.94. The summed E-state index contributed by atoms with van der Waals surface area (Å²) < 4.78 is 10.7. The minimum atomic E-state index is -0.301. The number of unbranched alkanes of at least 4 members (excludes halogenated alkanes) is 1. The monoisotopic (exact) mass is 383 g/mol. The van der Waals surface area contributed by atoms with E-state index in [1.54, 1.807) is 24.0 Å². The van der Waals surface area contributed by atoms with Crippen molar-refractivity contribution in [2.45, 2.75) is 39.7 Å². The Labute approximate surface area is 167 Å². The van der Waals surface area contributed by atoms with Crippen LogP contribution in [0.2, 0.25) is 0 Å². The second kappa shape index (κ2) is 11.8. The maximum Gasteiger partial charge on any atom is 0.307 e. The third kappa shape index (κ3) is 7.06. The summed E-state index contributed by atoms with van der Waals surface area (Å²) >= 11 is 0. The number of rotatable bonds is 11. The molecule has 2 rings (SSSR count). The summed E-state index contributed by atoms with van der Waals surface area (Å²) in [6.07, 6.45) is 2.19. The molecule has 0 aliphatic heterocycles. The molecule has 0 aromatic heterocycles. The van der Waals surface area contributed by atoms with Gasteiger partial charge in [0.1, 0.15) is 5.75 Å². The first-order chi connectivity index (χ1) is 13.6. The smallest absolute Gasteiger partial charge is 0.307 e. The molecule has 0 unspecified atom stereocenters. The zero-order valence-corrected chi connectivity index (χ0v) is 16.7. The molecule has 0 radical (unpaired) electrons. The Bertz CT molecular complexity index is 745. The van der Waals surface area contributed by atoms with Crippen LogP contribution in [0.25, 0.3) is 0 Å². The number of ether oxygens (including phenoxy) is 2. The van der Waals surface area contributed by atoms with Gasteiger partial charge in [0.05, 0.1) is 19.6 Å². The van der Waals surface area contributed by atoms with Crippen LogP contribution in [0.5, 0.6) is 5.75 Å². The number of carbonyl (C=O) groups is 2. The Kier molecular flexibility index (Phi) is 9.05. The van der Waals surface area contributed by atoms with Crippen LogP contribution in [-0.2, 0) is 16.1 Å². The first-order valence-corrected chi connectivity index (χ1v) is 9.85. The number of carbonyl (C=O) groups excluding carboxylic acids is 2. The van der Waals surface area contributed by atoms with E-state index in [4.69, 9.17) is 9.47 Å². The van der Waals surface area contributed by atoms with Gasteiger partial charge in [0.2, 0.25) is 0 Å². The zero-order valence-electron chi connectivity index (χ0n) is 16.7. The van der Waals surface area contributed by atoms with Crippen LogP contribution in [0.15, 0.2) is 54.6 Å². The van der Waals surface area contributed by atoms with Crippen molar-refractivity contribution in [3.05, 3.63) is 65.7 Å². The number of esters is 1. The number of benzene rings is 2. The Hall–Kier alpha value is -2.82. The number of amides is 1. The molecule has 0 aliphatic carbocycles. The van der Waals surface area contributed by atoms with E-state index in [1.807, 2.05) is 42.5 Å². The minimum Gasteiger partial charge on any atom is -0.494 e. The second-order valence-electron chi connectivity index (χ2n) is 6.50. The predicted octanol–water partition coefficient (Wildman–Crippen LogP) is 4.46. The number of hydrogen-bond acceptors (Lipinski definition) is 4. The number of nitrogens with zero attached hydrogens (tertiary/aromatic N) is 1. The first-order valence-electron chi connectivity index (χ1n) is 9.85. The molecule has 2 aromatic carbocycles. The maximum atomic E-state index is 13.1. The Morgan fingerprint density at radius 1 is 1.00 bits per heavy atom. The van der Waals surface area contributed by atoms with E-state index >= 15 is 0 Å². The lowest BCUT2D eigenvalue weighted by atomic mass is 10.1. The zero-order chi connectivity index (χ0) is 20.2. The predicted molar refractivity (Wildman–Crippen MR) is 109 cm³/mol. The van der Waals surface area contributed by atoms with Crippen LogP contribution in [0.4, 0.5) is 0 Å². The highest BCUT2D eigenvalue weighted by Crippen LogP contribution is 2.17. The summed E-state index contributed by atoms with van der Waals surface area (Å²) in [4.78, 5) is 26.6. The maximum absolute atomic E-state index is 13.1. The van der Waals surface area contributed by atoms with Crippen molar-refractivity contribution in [1.82, 2.24) is 4.90 Å². The van der Waals surface area contributed by atoms with Gasteiger partial charge in [0.25, 0.3) is 5.91 Å². The Balaban J connectivity index is 2.12. The van der Waals surface area contributed by atoms with Crippen molar-refractivity contribution in [2.24, 2.45) is 0 Å². The second-order valence-corrected chi connectivity index (χ2v) is 6.50. The van der Waals surface area contributed by atoms with Crippen LogP contribution >= 0.6 is 0 Å². The Morgan fingerprint density at radius 3 is 2.50 bits per heavy atom. The van der Waals surface area contributed by atoms with Crippen molar-refractivity contribution in [2.75, 3.05) is 19.8 Å². The summed E-state index contributed by atoms with van der Waals surface area (Å²) in [5, 5.41) is 0. The Morgan fingerprint density at radius 2 is 1.79 bits per heavy atom. The molecule has 0 heterocycles. The van der Waals surface area contributed by atoms with Crippen LogP contribution in [0, 0.1) is 0 Å². The van der Waals surface area contributed by atoms with Crippen molar-refractivity contribution >= 4 is 11.9 Å². The van der Waals surface area contributed by atoms with Crippen molar-refractivity contribution in [3.8, 4) is 5.75 Å². The SMILES string of the molecule is CCCCOc1cccc(C(=O)N(CCC(=O)OCC)Cc2ccccc2)c1. The number of hydrogen-bond donors (Lipinski definition) is 0. The van der Waals surface area contributed by atoms with Gasteiger partial charge in [0, 0.05) is 18.7 Å². The average molecular weight is 383 g/mol. The molecule has 0 fully saturated rings. The molecule has 0 atom stereocenters. The highest BCUT2D eigenvalue weighted by Gasteiger charge is 2.18. The molecule has 0 saturated heterocycles. The van der Waals surface area contributed by atoms with Crippen LogP contribution in [0.1, 0.15) is 49.0 Å². The molecular formula is C23H29NO4. The normalized spacial score (nSPS) is 10.4. The minimum absolute atomic E-state index is 0.130. The molecule has 1 amide bonds. The van der Waals surface area contributed by atoms with Gasteiger partial charge in [-0.1, -0.05) is 49.7 Å². The first kappa shape index (κ1) is 21.5. The fourth-order valence-electron chi connectivity index (χ4n) is 2.75. The summed E-state index contributed by atoms with van der Waals surface area (Å²) in [6.45, 7) is 5.57. The summed E-state index contributed by atoms with van der Waals surface area (Å²) in [5.74, 6) is 0.253.